The van der Waals surface area contributed by atoms with E-state index in [0.717, 1.165) is 62.1 Å². The second-order valence-electron chi connectivity index (χ2n) is 13.4. The van der Waals surface area contributed by atoms with E-state index in [-0.39, 0.29) is 29.6 Å². The monoisotopic (exact) mass is 599 g/mol. The second-order valence-corrected chi connectivity index (χ2v) is 13.4. The van der Waals surface area contributed by atoms with E-state index in [4.69, 9.17) is 21.3 Å². The standard InChI is InChI=1S/C34H42FN7O2/c1-4-30(43)42-16-15-40(21-26(42)19-36-2)31-27-22-39(3)34(13-7-10-24-9-5-6-11-28(24)34)18-29(27)37-32(38-31)44-23-33-12-8-14-41(33)20-25(35)17-33/h4-6,9,11,25-26H,1,7-8,10,12-23H2,3H3/t25-,26+,33+,34+/m1/s1. The maximum atomic E-state index is 14.5. The highest BCUT2D eigenvalue weighted by atomic mass is 19.1. The van der Waals surface area contributed by atoms with Gasteiger partial charge in [-0.15, -0.1) is 0 Å². The Morgan fingerprint density at radius 2 is 2.07 bits per heavy atom. The lowest BCUT2D eigenvalue weighted by molar-refractivity contribution is -0.128. The fourth-order valence-corrected chi connectivity index (χ4v) is 8.77. The number of anilines is 1. The van der Waals surface area contributed by atoms with Gasteiger partial charge in [0.1, 0.15) is 24.6 Å². The van der Waals surface area contributed by atoms with Crippen molar-refractivity contribution in [1.29, 1.82) is 0 Å². The minimum Gasteiger partial charge on any atom is -0.461 e. The molecule has 3 fully saturated rings. The van der Waals surface area contributed by atoms with Crippen molar-refractivity contribution in [3.05, 3.63) is 70.7 Å². The van der Waals surface area contributed by atoms with Crippen molar-refractivity contribution in [2.45, 2.75) is 74.8 Å². The van der Waals surface area contributed by atoms with Crippen LogP contribution in [0.4, 0.5) is 10.2 Å². The summed E-state index contributed by atoms with van der Waals surface area (Å²) in [6.45, 7) is 15.5. The highest BCUT2D eigenvalue weighted by Gasteiger charge is 2.50. The Hall–Kier alpha value is -3.55. The Balaban J connectivity index is 1.26. The number of nitrogens with zero attached hydrogens (tertiary/aromatic N) is 7. The molecule has 3 saturated heterocycles. The number of piperazine rings is 1. The molecule has 232 valence electrons. The van der Waals surface area contributed by atoms with E-state index in [2.05, 4.69) is 57.4 Å². The third-order valence-electron chi connectivity index (χ3n) is 11.0. The number of aromatic nitrogens is 2. The number of aryl methyl sites for hydroxylation is 1. The van der Waals surface area contributed by atoms with Gasteiger partial charge in [-0.2, -0.15) is 9.97 Å². The van der Waals surface area contributed by atoms with Gasteiger partial charge in [-0.25, -0.2) is 11.0 Å². The molecule has 0 saturated carbocycles. The molecule has 1 aromatic carbocycles. The van der Waals surface area contributed by atoms with Crippen molar-refractivity contribution >= 4 is 11.7 Å². The van der Waals surface area contributed by atoms with Gasteiger partial charge in [0.2, 0.25) is 12.5 Å². The average Bonchev–Trinajstić information content (AvgIpc) is 3.56. The summed E-state index contributed by atoms with van der Waals surface area (Å²) in [5.74, 6) is 0.680. The highest BCUT2D eigenvalue weighted by Crippen LogP contribution is 2.47. The molecule has 0 bridgehead atoms. The molecule has 0 unspecified atom stereocenters. The van der Waals surface area contributed by atoms with E-state index in [0.29, 0.717) is 51.8 Å². The van der Waals surface area contributed by atoms with E-state index < -0.39 is 6.17 Å². The Morgan fingerprint density at radius 3 is 2.91 bits per heavy atom. The van der Waals surface area contributed by atoms with Crippen LogP contribution in [-0.2, 0) is 29.7 Å². The molecule has 1 aliphatic carbocycles. The van der Waals surface area contributed by atoms with Gasteiger partial charge in [0, 0.05) is 51.1 Å². The molecule has 0 N–H and O–H groups in total. The first-order chi connectivity index (χ1) is 21.4. The van der Waals surface area contributed by atoms with Crippen molar-refractivity contribution < 1.29 is 13.9 Å². The van der Waals surface area contributed by atoms with Gasteiger partial charge in [0.15, 0.2) is 0 Å². The van der Waals surface area contributed by atoms with Crippen molar-refractivity contribution in [2.24, 2.45) is 0 Å². The molecule has 44 heavy (non-hydrogen) atoms. The molecule has 7 rings (SSSR count). The van der Waals surface area contributed by atoms with Crippen LogP contribution in [0, 0.1) is 6.57 Å². The second kappa shape index (κ2) is 11.4. The molecule has 4 atom stereocenters. The van der Waals surface area contributed by atoms with Crippen LogP contribution < -0.4 is 9.64 Å². The molecule has 1 amide bonds. The Labute approximate surface area is 259 Å². The molecule has 1 aromatic heterocycles. The first-order valence-corrected chi connectivity index (χ1v) is 16.1. The zero-order chi connectivity index (χ0) is 30.5. The Kier molecular flexibility index (Phi) is 7.58. The Bertz CT molecular complexity index is 1490. The number of amides is 1. The lowest BCUT2D eigenvalue weighted by atomic mass is 9.71. The topological polar surface area (TPSA) is 69.4 Å². The van der Waals surface area contributed by atoms with Crippen LogP contribution in [-0.4, -0.2) is 101 Å². The van der Waals surface area contributed by atoms with Crippen molar-refractivity contribution in [3.8, 4) is 6.01 Å². The van der Waals surface area contributed by atoms with Gasteiger partial charge < -0.3 is 19.4 Å². The first kappa shape index (κ1) is 29.2. The van der Waals surface area contributed by atoms with Crippen LogP contribution in [0.5, 0.6) is 6.01 Å². The molecular weight excluding hydrogens is 557 g/mol. The maximum absolute atomic E-state index is 14.5. The normalized spacial score (nSPS) is 30.0. The summed E-state index contributed by atoms with van der Waals surface area (Å²) >= 11 is 0. The summed E-state index contributed by atoms with van der Waals surface area (Å²) in [7, 11) is 2.21. The molecule has 9 nitrogen and oxygen atoms in total. The number of benzene rings is 1. The average molecular weight is 600 g/mol. The summed E-state index contributed by atoms with van der Waals surface area (Å²) < 4.78 is 21.0. The van der Waals surface area contributed by atoms with Gasteiger partial charge >= 0.3 is 6.01 Å². The summed E-state index contributed by atoms with van der Waals surface area (Å²) in [4.78, 5) is 35.1. The van der Waals surface area contributed by atoms with E-state index in [1.54, 1.807) is 4.90 Å². The number of carbonyl (C=O) groups excluding carboxylic acids is 1. The van der Waals surface area contributed by atoms with Crippen LogP contribution in [0.25, 0.3) is 4.85 Å². The van der Waals surface area contributed by atoms with Crippen LogP contribution in [0.1, 0.15) is 54.5 Å². The lowest BCUT2D eigenvalue weighted by Gasteiger charge is -2.50. The number of carbonyl (C=O) groups is 1. The number of fused-ring (bicyclic) bond motifs is 4. The lowest BCUT2D eigenvalue weighted by Crippen LogP contribution is -2.57. The van der Waals surface area contributed by atoms with E-state index in [1.165, 1.54) is 17.2 Å². The summed E-state index contributed by atoms with van der Waals surface area (Å²) in [5.41, 5.74) is 4.44. The fraction of sp³-hybridized carbons (Fsp3) is 0.588. The van der Waals surface area contributed by atoms with Crippen LogP contribution in [0.2, 0.25) is 0 Å². The maximum Gasteiger partial charge on any atom is 0.318 e. The number of hydrogen-bond acceptors (Lipinski definition) is 7. The van der Waals surface area contributed by atoms with E-state index in [1.807, 2.05) is 0 Å². The number of hydrogen-bond donors (Lipinski definition) is 0. The number of halogens is 1. The number of likely N-dealkylation sites (N-methyl/N-ethyl adjacent to an activating group) is 1. The largest absolute Gasteiger partial charge is 0.461 e. The zero-order valence-corrected chi connectivity index (χ0v) is 25.7. The van der Waals surface area contributed by atoms with Gasteiger partial charge in [0.05, 0.1) is 16.8 Å². The first-order valence-electron chi connectivity index (χ1n) is 16.1. The molecular formula is C34H42FN7O2. The molecule has 5 heterocycles. The van der Waals surface area contributed by atoms with Crippen molar-refractivity contribution in [3.63, 3.8) is 0 Å². The summed E-state index contributed by atoms with van der Waals surface area (Å²) in [6, 6.07) is 8.90. The molecule has 5 aliphatic rings. The molecule has 2 aromatic rings. The Morgan fingerprint density at radius 1 is 1.20 bits per heavy atom. The molecule has 0 radical (unpaired) electrons. The summed E-state index contributed by atoms with van der Waals surface area (Å²) in [6.07, 6.45) is 7.00. The van der Waals surface area contributed by atoms with Crippen LogP contribution >= 0.6 is 0 Å². The zero-order valence-electron chi connectivity index (χ0n) is 25.7. The quantitative estimate of drug-likeness (QED) is 0.370. The number of rotatable bonds is 6. The minimum absolute atomic E-state index is 0.146. The number of ether oxygens (including phenoxy) is 1. The van der Waals surface area contributed by atoms with E-state index >= 15 is 0 Å². The predicted molar refractivity (Wildman–Crippen MR) is 166 cm³/mol. The highest BCUT2D eigenvalue weighted by molar-refractivity contribution is 5.87. The summed E-state index contributed by atoms with van der Waals surface area (Å²) in [5, 5.41) is 0. The number of alkyl halides is 1. The van der Waals surface area contributed by atoms with Crippen molar-refractivity contribution in [2.75, 3.05) is 57.8 Å². The fourth-order valence-electron chi connectivity index (χ4n) is 8.77. The molecule has 10 heteroatoms. The van der Waals surface area contributed by atoms with Gasteiger partial charge in [0.25, 0.3) is 0 Å². The van der Waals surface area contributed by atoms with Gasteiger partial charge in [-0.3, -0.25) is 14.6 Å². The van der Waals surface area contributed by atoms with Crippen LogP contribution in [0.3, 0.4) is 0 Å². The van der Waals surface area contributed by atoms with Crippen molar-refractivity contribution in [1.82, 2.24) is 24.7 Å². The minimum atomic E-state index is -0.824. The van der Waals surface area contributed by atoms with E-state index in [9.17, 15) is 9.18 Å². The molecule has 4 aliphatic heterocycles. The third-order valence-corrected chi connectivity index (χ3v) is 11.0. The van der Waals surface area contributed by atoms with Gasteiger partial charge in [-0.1, -0.05) is 30.8 Å². The molecule has 1 spiro atoms. The SMILES string of the molecule is [C-]#[N+]C[C@H]1CN(c2nc(OC[C@@]34CCCN3C[C@H](F)C4)nc3c2CN(C)[C@@]2(CCCc4ccccc42)C3)CCN1C(=O)C=C. The third kappa shape index (κ3) is 4.85. The smallest absolute Gasteiger partial charge is 0.318 e. The van der Waals surface area contributed by atoms with Gasteiger partial charge in [-0.05, 0) is 62.9 Å². The van der Waals surface area contributed by atoms with Crippen LogP contribution in [0.15, 0.2) is 36.9 Å². The predicted octanol–water partition coefficient (Wildman–Crippen LogP) is 3.77.